The van der Waals surface area contributed by atoms with Crippen LogP contribution in [0.5, 0.6) is 5.75 Å². The summed E-state index contributed by atoms with van der Waals surface area (Å²) >= 11 is 0. The third-order valence-electron chi connectivity index (χ3n) is 3.40. The lowest BCUT2D eigenvalue weighted by molar-refractivity contribution is -0.598. The lowest BCUT2D eigenvalue weighted by Gasteiger charge is -2.16. The molecule has 5 heteroatoms. The predicted octanol–water partition coefficient (Wildman–Crippen LogP) is -0.135. The molecule has 0 bridgehead atoms. The van der Waals surface area contributed by atoms with E-state index >= 15 is 0 Å². The summed E-state index contributed by atoms with van der Waals surface area (Å²) in [6, 6.07) is 3.78. The molecule has 1 aromatic carbocycles. The Morgan fingerprint density at radius 2 is 1.67 bits per heavy atom. The van der Waals surface area contributed by atoms with E-state index in [1.165, 1.54) is 17.4 Å². The first-order chi connectivity index (χ1) is 8.68. The fraction of sp³-hybridized carbons (Fsp3) is 0.308. The molecule has 0 atom stereocenters. The summed E-state index contributed by atoms with van der Waals surface area (Å²) in [6.07, 6.45) is 5.80. The van der Waals surface area contributed by atoms with Gasteiger partial charge in [0.15, 0.2) is 12.4 Å². The minimum atomic E-state index is -0.805. The van der Waals surface area contributed by atoms with Crippen LogP contribution < -0.4 is 20.3 Å². The maximum absolute atomic E-state index is 11.3. The third-order valence-corrected chi connectivity index (χ3v) is 3.40. The minimum Gasteiger partial charge on any atom is -0.499 e. The highest BCUT2D eigenvalue weighted by atomic mass is 16.3. The van der Waals surface area contributed by atoms with E-state index in [1.807, 2.05) is 12.1 Å². The second-order valence-electron chi connectivity index (χ2n) is 4.51. The molecule has 0 spiro atoms. The predicted molar refractivity (Wildman–Crippen MR) is 66.0 cm³/mol. The van der Waals surface area contributed by atoms with E-state index in [0.29, 0.717) is 0 Å². The van der Waals surface area contributed by atoms with E-state index in [2.05, 4.69) is 4.90 Å². The number of rotatable bonds is 2. The summed E-state index contributed by atoms with van der Waals surface area (Å²) < 4.78 is 1.48. The van der Waals surface area contributed by atoms with Crippen LogP contribution in [0.3, 0.4) is 0 Å². The van der Waals surface area contributed by atoms with Crippen LogP contribution in [0.1, 0.15) is 12.8 Å². The van der Waals surface area contributed by atoms with E-state index in [4.69, 9.17) is 0 Å². The molecule has 1 aliphatic heterocycles. The molecule has 0 aliphatic carbocycles. The van der Waals surface area contributed by atoms with Gasteiger partial charge in [0.25, 0.3) is 5.43 Å². The van der Waals surface area contributed by atoms with Crippen LogP contribution in [0.4, 0.5) is 5.69 Å². The Labute approximate surface area is 103 Å². The fourth-order valence-electron chi connectivity index (χ4n) is 2.36. The number of aromatic hydroxyl groups is 1. The van der Waals surface area contributed by atoms with Crippen LogP contribution in [-0.4, -0.2) is 18.2 Å². The van der Waals surface area contributed by atoms with Crippen molar-refractivity contribution in [1.82, 2.24) is 0 Å². The van der Waals surface area contributed by atoms with E-state index in [-0.39, 0.29) is 5.69 Å². The van der Waals surface area contributed by atoms with Gasteiger partial charge in [0.1, 0.15) is 0 Å². The maximum atomic E-state index is 11.3. The third kappa shape index (κ3) is 1.51. The average molecular weight is 245 g/mol. The van der Waals surface area contributed by atoms with Gasteiger partial charge in [0.05, 0.1) is 0 Å². The summed E-state index contributed by atoms with van der Waals surface area (Å²) in [7, 11) is 0. The fourth-order valence-corrected chi connectivity index (χ4v) is 2.36. The first-order valence-corrected chi connectivity index (χ1v) is 5.97. The van der Waals surface area contributed by atoms with E-state index < -0.39 is 16.6 Å². The standard InChI is InChI=1S/C13H12N2O3/c16-11-10(12(17)13(11)18)15-7-3-9(4-8-15)14-5-1-2-6-14/h3-4,7-8H,1-2,5-6H2/p+1. The van der Waals surface area contributed by atoms with Gasteiger partial charge in [-0.2, -0.15) is 4.57 Å². The molecule has 5 nitrogen and oxygen atoms in total. The molecule has 18 heavy (non-hydrogen) atoms. The van der Waals surface area contributed by atoms with Gasteiger partial charge in [-0.15, -0.1) is 0 Å². The first-order valence-electron chi connectivity index (χ1n) is 5.97. The van der Waals surface area contributed by atoms with Gasteiger partial charge in [-0.3, -0.25) is 9.59 Å². The van der Waals surface area contributed by atoms with Gasteiger partial charge in [-0.05, 0) is 12.8 Å². The highest BCUT2D eigenvalue weighted by Crippen LogP contribution is 2.18. The van der Waals surface area contributed by atoms with E-state index in [9.17, 15) is 14.7 Å². The molecule has 3 rings (SSSR count). The highest BCUT2D eigenvalue weighted by Gasteiger charge is 2.29. The molecule has 1 fully saturated rings. The van der Waals surface area contributed by atoms with Gasteiger partial charge >= 0.3 is 11.1 Å². The minimum absolute atomic E-state index is 0.0629. The van der Waals surface area contributed by atoms with Gasteiger partial charge < -0.3 is 10.0 Å². The normalized spacial score (nSPS) is 15.4. The average Bonchev–Trinajstić information content (AvgIpc) is 2.93. The van der Waals surface area contributed by atoms with Crippen LogP contribution in [0, 0.1) is 0 Å². The first kappa shape index (κ1) is 11.0. The summed E-state index contributed by atoms with van der Waals surface area (Å²) in [4.78, 5) is 24.5. The molecule has 0 saturated carbocycles. The Kier molecular flexibility index (Phi) is 2.40. The largest absolute Gasteiger partial charge is 0.499 e. The number of nitrogens with zero attached hydrogens (tertiary/aromatic N) is 2. The lowest BCUT2D eigenvalue weighted by atomic mass is 10.2. The summed E-state index contributed by atoms with van der Waals surface area (Å²) in [5.41, 5.74) is -0.276. The zero-order valence-electron chi connectivity index (χ0n) is 9.80. The monoisotopic (exact) mass is 245 g/mol. The van der Waals surface area contributed by atoms with Gasteiger partial charge in [-0.1, -0.05) is 0 Å². The second-order valence-corrected chi connectivity index (χ2v) is 4.51. The molecule has 1 aromatic heterocycles. The summed E-state index contributed by atoms with van der Waals surface area (Å²) in [6.45, 7) is 2.10. The zero-order valence-corrected chi connectivity index (χ0v) is 9.80. The summed E-state index contributed by atoms with van der Waals surface area (Å²) in [5.74, 6) is -0.445. The number of pyridine rings is 1. The van der Waals surface area contributed by atoms with Crippen LogP contribution in [0.2, 0.25) is 0 Å². The van der Waals surface area contributed by atoms with Crippen molar-refractivity contribution in [3.8, 4) is 11.4 Å². The van der Waals surface area contributed by atoms with Crippen molar-refractivity contribution in [3.05, 3.63) is 45.0 Å². The smallest absolute Gasteiger partial charge is 0.309 e. The molecule has 0 unspecified atom stereocenters. The molecule has 2 heterocycles. The molecule has 0 amide bonds. The van der Waals surface area contributed by atoms with Gasteiger partial charge in [0, 0.05) is 30.9 Å². The Morgan fingerprint density at radius 3 is 2.22 bits per heavy atom. The Bertz CT molecular complexity index is 648. The molecule has 1 saturated heterocycles. The number of aromatic nitrogens is 1. The van der Waals surface area contributed by atoms with Crippen molar-refractivity contribution in [2.45, 2.75) is 12.8 Å². The van der Waals surface area contributed by atoms with Gasteiger partial charge in [0.2, 0.25) is 5.75 Å². The second kappa shape index (κ2) is 3.94. The van der Waals surface area contributed by atoms with Crippen LogP contribution in [0.25, 0.3) is 5.69 Å². The zero-order chi connectivity index (χ0) is 12.7. The lowest BCUT2D eigenvalue weighted by Crippen LogP contribution is -2.46. The van der Waals surface area contributed by atoms with Crippen LogP contribution in [-0.2, 0) is 0 Å². The van der Waals surface area contributed by atoms with Crippen molar-refractivity contribution < 1.29 is 9.67 Å². The van der Waals surface area contributed by atoms with Crippen molar-refractivity contribution >= 4 is 5.69 Å². The maximum Gasteiger partial charge on any atom is 0.309 e. The molecular formula is C13H13N2O3+. The van der Waals surface area contributed by atoms with Gasteiger partial charge in [-0.25, -0.2) is 0 Å². The van der Waals surface area contributed by atoms with Crippen molar-refractivity contribution in [3.63, 3.8) is 0 Å². The Balaban J connectivity index is 1.92. The van der Waals surface area contributed by atoms with E-state index in [1.54, 1.807) is 12.4 Å². The Morgan fingerprint density at radius 1 is 1.06 bits per heavy atom. The van der Waals surface area contributed by atoms with Crippen molar-refractivity contribution in [2.24, 2.45) is 0 Å². The molecule has 1 aliphatic rings. The Hall–Kier alpha value is -2.17. The number of hydrogen-bond acceptors (Lipinski definition) is 4. The number of hydrogen-bond donors (Lipinski definition) is 1. The molecule has 1 N–H and O–H groups in total. The van der Waals surface area contributed by atoms with Crippen molar-refractivity contribution in [2.75, 3.05) is 18.0 Å². The molecule has 92 valence electrons. The SMILES string of the molecule is O=c1c(O)c(-[n+]2ccc(N3CCCC3)cc2)c1=O. The molecule has 2 aromatic rings. The van der Waals surface area contributed by atoms with Crippen LogP contribution in [0.15, 0.2) is 34.1 Å². The van der Waals surface area contributed by atoms with Crippen molar-refractivity contribution in [1.29, 1.82) is 0 Å². The highest BCUT2D eigenvalue weighted by molar-refractivity contribution is 5.47. The molecule has 0 radical (unpaired) electrons. The van der Waals surface area contributed by atoms with Crippen LogP contribution >= 0.6 is 0 Å². The topological polar surface area (TPSA) is 61.5 Å². The molecular weight excluding hydrogens is 232 g/mol. The quantitative estimate of drug-likeness (QED) is 0.591. The van der Waals surface area contributed by atoms with E-state index in [0.717, 1.165) is 18.8 Å². The summed E-state index contributed by atoms with van der Waals surface area (Å²) in [5, 5.41) is 9.36. The number of anilines is 1.